The summed E-state index contributed by atoms with van der Waals surface area (Å²) in [5.74, 6) is 2.21. The molecule has 1 heterocycles. The number of ether oxygens (including phenoxy) is 3. The van der Waals surface area contributed by atoms with Crippen LogP contribution in [0.5, 0.6) is 11.5 Å². The lowest BCUT2D eigenvalue weighted by molar-refractivity contribution is 0.127. The lowest BCUT2D eigenvalue weighted by Gasteiger charge is -2.07. The van der Waals surface area contributed by atoms with Crippen molar-refractivity contribution in [1.29, 1.82) is 0 Å². The fraction of sp³-hybridized carbons (Fsp3) is 0.500. The normalized spacial score (nSPS) is 11.1. The molecule has 0 fully saturated rings. The lowest BCUT2D eigenvalue weighted by atomic mass is 10.2. The molecular formula is C24H34N2O3. The average Bonchev–Trinajstić information content (AvgIpc) is 2.76. The van der Waals surface area contributed by atoms with Crippen molar-refractivity contribution in [3.8, 4) is 22.9 Å². The van der Waals surface area contributed by atoms with E-state index in [1.54, 1.807) is 12.4 Å². The smallest absolute Gasteiger partial charge is 0.159 e. The molecule has 0 radical (unpaired) electrons. The molecule has 0 aliphatic rings. The van der Waals surface area contributed by atoms with Gasteiger partial charge in [0.05, 0.1) is 19.0 Å². The Kier molecular flexibility index (Phi) is 11.5. The van der Waals surface area contributed by atoms with E-state index in [9.17, 15) is 0 Å². The Balaban J connectivity index is 1.71. The van der Waals surface area contributed by atoms with Gasteiger partial charge in [0.2, 0.25) is 0 Å². The van der Waals surface area contributed by atoms with E-state index in [0.29, 0.717) is 24.8 Å². The molecule has 0 aliphatic heterocycles. The molecule has 0 unspecified atom stereocenters. The van der Waals surface area contributed by atoms with Crippen molar-refractivity contribution in [2.45, 2.75) is 52.4 Å². The van der Waals surface area contributed by atoms with Gasteiger partial charge >= 0.3 is 0 Å². The first-order valence-corrected chi connectivity index (χ1v) is 10.7. The monoisotopic (exact) mass is 398 g/mol. The van der Waals surface area contributed by atoms with E-state index in [1.165, 1.54) is 12.8 Å². The first kappa shape index (κ1) is 22.9. The van der Waals surface area contributed by atoms with Crippen LogP contribution in [-0.2, 0) is 4.74 Å². The predicted molar refractivity (Wildman–Crippen MR) is 117 cm³/mol. The molecular weight excluding hydrogens is 364 g/mol. The molecule has 158 valence electrons. The van der Waals surface area contributed by atoms with Crippen LogP contribution in [-0.4, -0.2) is 36.4 Å². The summed E-state index contributed by atoms with van der Waals surface area (Å²) in [5.41, 5.74) is 0.954. The van der Waals surface area contributed by atoms with Crippen molar-refractivity contribution in [1.82, 2.24) is 9.97 Å². The van der Waals surface area contributed by atoms with Crippen molar-refractivity contribution in [2.24, 2.45) is 0 Å². The Morgan fingerprint density at radius 2 is 1.52 bits per heavy atom. The van der Waals surface area contributed by atoms with Crippen molar-refractivity contribution in [3.05, 3.63) is 48.8 Å². The highest BCUT2D eigenvalue weighted by Gasteiger charge is 2.03. The van der Waals surface area contributed by atoms with Gasteiger partial charge in [0.25, 0.3) is 0 Å². The predicted octanol–water partition coefficient (Wildman–Crippen LogP) is 5.85. The first-order valence-electron chi connectivity index (χ1n) is 10.7. The second-order valence-corrected chi connectivity index (χ2v) is 6.86. The molecule has 0 saturated carbocycles. The maximum atomic E-state index is 5.73. The zero-order chi connectivity index (χ0) is 20.6. The van der Waals surface area contributed by atoms with Crippen LogP contribution in [0.4, 0.5) is 0 Å². The minimum atomic E-state index is 0.594. The third-order valence-corrected chi connectivity index (χ3v) is 4.28. The van der Waals surface area contributed by atoms with Crippen molar-refractivity contribution in [2.75, 3.05) is 26.4 Å². The fourth-order valence-electron chi connectivity index (χ4n) is 2.63. The van der Waals surface area contributed by atoms with E-state index in [4.69, 9.17) is 14.2 Å². The zero-order valence-corrected chi connectivity index (χ0v) is 17.8. The highest BCUT2D eigenvalue weighted by Crippen LogP contribution is 2.20. The van der Waals surface area contributed by atoms with Gasteiger partial charge in [-0.2, -0.15) is 0 Å². The molecule has 2 rings (SSSR count). The Morgan fingerprint density at radius 3 is 2.24 bits per heavy atom. The standard InChI is InChI=1S/C24H34N2O3/c1-3-5-6-7-8-17-28-22-13-11-21(12-14-22)24-25-19-23(20-26-24)29-18-10-9-16-27-15-4-2/h7-8,11-14,19-20H,3-6,9-10,15-18H2,1-2H3/b8-7+. The number of aromatic nitrogens is 2. The average molecular weight is 399 g/mol. The van der Waals surface area contributed by atoms with E-state index in [0.717, 1.165) is 50.2 Å². The molecule has 5 heteroatoms. The van der Waals surface area contributed by atoms with E-state index < -0.39 is 0 Å². The summed E-state index contributed by atoms with van der Waals surface area (Å²) in [5, 5.41) is 0. The fourth-order valence-corrected chi connectivity index (χ4v) is 2.63. The second-order valence-electron chi connectivity index (χ2n) is 6.86. The molecule has 0 aliphatic carbocycles. The largest absolute Gasteiger partial charge is 0.490 e. The van der Waals surface area contributed by atoms with E-state index in [-0.39, 0.29) is 0 Å². The summed E-state index contributed by atoms with van der Waals surface area (Å²) in [7, 11) is 0. The summed E-state index contributed by atoms with van der Waals surface area (Å²) < 4.78 is 16.9. The molecule has 0 spiro atoms. The Morgan fingerprint density at radius 1 is 0.759 bits per heavy atom. The lowest BCUT2D eigenvalue weighted by Crippen LogP contribution is -2.02. The molecule has 0 atom stereocenters. The SMILES string of the molecule is CCCC/C=C/COc1ccc(-c2ncc(OCCCCOCCC)cn2)cc1. The third-order valence-electron chi connectivity index (χ3n) is 4.28. The van der Waals surface area contributed by atoms with Gasteiger partial charge in [-0.05, 0) is 49.9 Å². The van der Waals surface area contributed by atoms with Gasteiger partial charge in [-0.1, -0.05) is 38.8 Å². The van der Waals surface area contributed by atoms with Crippen LogP contribution in [0.3, 0.4) is 0 Å². The summed E-state index contributed by atoms with van der Waals surface area (Å²) in [4.78, 5) is 8.82. The second kappa shape index (κ2) is 14.6. The maximum absolute atomic E-state index is 5.73. The summed E-state index contributed by atoms with van der Waals surface area (Å²) in [6.45, 7) is 7.18. The van der Waals surface area contributed by atoms with Crippen molar-refractivity contribution in [3.63, 3.8) is 0 Å². The van der Waals surface area contributed by atoms with Crippen LogP contribution in [0.15, 0.2) is 48.8 Å². The number of hydrogen-bond acceptors (Lipinski definition) is 5. The number of rotatable bonds is 15. The number of hydrogen-bond donors (Lipinski definition) is 0. The van der Waals surface area contributed by atoms with Crippen LogP contribution in [0.2, 0.25) is 0 Å². The molecule has 1 aromatic heterocycles. The van der Waals surface area contributed by atoms with Gasteiger partial charge in [-0.3, -0.25) is 0 Å². The number of nitrogens with zero attached hydrogens (tertiary/aromatic N) is 2. The molecule has 2 aromatic rings. The van der Waals surface area contributed by atoms with Gasteiger partial charge < -0.3 is 14.2 Å². The maximum Gasteiger partial charge on any atom is 0.159 e. The minimum absolute atomic E-state index is 0.594. The molecule has 1 aromatic carbocycles. The minimum Gasteiger partial charge on any atom is -0.490 e. The number of allylic oxidation sites excluding steroid dienone is 1. The highest BCUT2D eigenvalue weighted by atomic mass is 16.5. The topological polar surface area (TPSA) is 53.5 Å². The molecule has 0 N–H and O–H groups in total. The summed E-state index contributed by atoms with van der Waals surface area (Å²) in [6.07, 6.45) is 14.3. The van der Waals surface area contributed by atoms with Crippen LogP contribution in [0, 0.1) is 0 Å². The van der Waals surface area contributed by atoms with Gasteiger partial charge in [0.1, 0.15) is 12.4 Å². The van der Waals surface area contributed by atoms with Gasteiger partial charge in [-0.15, -0.1) is 0 Å². The van der Waals surface area contributed by atoms with Gasteiger partial charge in [0.15, 0.2) is 11.6 Å². The van der Waals surface area contributed by atoms with Gasteiger partial charge in [-0.25, -0.2) is 9.97 Å². The molecule has 5 nitrogen and oxygen atoms in total. The number of benzene rings is 1. The molecule has 0 amide bonds. The summed E-state index contributed by atoms with van der Waals surface area (Å²) >= 11 is 0. The first-order chi connectivity index (χ1) is 14.3. The van der Waals surface area contributed by atoms with Crippen LogP contribution in [0.25, 0.3) is 11.4 Å². The summed E-state index contributed by atoms with van der Waals surface area (Å²) in [6, 6.07) is 7.85. The number of unbranched alkanes of at least 4 members (excludes halogenated alkanes) is 3. The zero-order valence-electron chi connectivity index (χ0n) is 17.8. The van der Waals surface area contributed by atoms with Crippen molar-refractivity contribution < 1.29 is 14.2 Å². The van der Waals surface area contributed by atoms with Crippen LogP contribution < -0.4 is 9.47 Å². The molecule has 0 bridgehead atoms. The van der Waals surface area contributed by atoms with E-state index in [1.807, 2.05) is 24.3 Å². The van der Waals surface area contributed by atoms with Crippen LogP contribution in [0.1, 0.15) is 52.4 Å². The van der Waals surface area contributed by atoms with Gasteiger partial charge in [0, 0.05) is 18.8 Å². The third kappa shape index (κ3) is 9.57. The molecule has 29 heavy (non-hydrogen) atoms. The van der Waals surface area contributed by atoms with E-state index in [2.05, 4.69) is 36.0 Å². The highest BCUT2D eigenvalue weighted by molar-refractivity contribution is 5.56. The van der Waals surface area contributed by atoms with Crippen molar-refractivity contribution >= 4 is 0 Å². The van der Waals surface area contributed by atoms with Crippen LogP contribution >= 0.6 is 0 Å². The van der Waals surface area contributed by atoms with E-state index >= 15 is 0 Å². The Bertz CT molecular complexity index is 684. The quantitative estimate of drug-likeness (QED) is 0.278. The molecule has 0 saturated heterocycles. The Hall–Kier alpha value is -2.40. The Labute approximate surface area is 175 Å².